The topological polar surface area (TPSA) is 26.3 Å². The van der Waals surface area contributed by atoms with Crippen LogP contribution in [-0.4, -0.2) is 24.1 Å². The number of carbonyl (C=O) groups excluding carboxylic acids is 1. The molecule has 1 unspecified atom stereocenters. The zero-order valence-corrected chi connectivity index (χ0v) is 20.9. The van der Waals surface area contributed by atoms with Crippen LogP contribution in [0.25, 0.3) is 0 Å². The quantitative estimate of drug-likeness (QED) is 0.216. The van der Waals surface area contributed by atoms with Crippen molar-refractivity contribution in [2.45, 2.75) is 84.5 Å². The minimum atomic E-state index is -0.546. The molecule has 1 atom stereocenters. The van der Waals surface area contributed by atoms with Crippen LogP contribution in [0, 0.1) is 5.41 Å². The molecule has 31 heavy (non-hydrogen) atoms. The summed E-state index contributed by atoms with van der Waals surface area (Å²) in [5.74, 6) is 2.31. The molecule has 1 aliphatic carbocycles. The monoisotopic (exact) mass is 442 g/mol. The van der Waals surface area contributed by atoms with Crippen LogP contribution in [0.5, 0.6) is 0 Å². The average Bonchev–Trinajstić information content (AvgIpc) is 2.79. The maximum atomic E-state index is 12.7. The zero-order chi connectivity index (χ0) is 22.6. The summed E-state index contributed by atoms with van der Waals surface area (Å²) in [4.78, 5) is 12.7. The van der Waals surface area contributed by atoms with E-state index in [-0.39, 0.29) is 5.97 Å². The first kappa shape index (κ1) is 25.8. The number of unbranched alkanes of at least 4 members (excludes halogenated alkanes) is 2. The highest BCUT2D eigenvalue weighted by Gasteiger charge is 2.35. The summed E-state index contributed by atoms with van der Waals surface area (Å²) in [6.45, 7) is 9.11. The first-order chi connectivity index (χ1) is 14.9. The summed E-state index contributed by atoms with van der Waals surface area (Å²) in [7, 11) is 0. The number of benzene rings is 1. The van der Waals surface area contributed by atoms with E-state index in [1.807, 2.05) is 44.2 Å². The lowest BCUT2D eigenvalue weighted by Crippen LogP contribution is -2.34. The number of carbonyl (C=O) groups is 1. The maximum Gasteiger partial charge on any atom is 0.316 e. The van der Waals surface area contributed by atoms with Gasteiger partial charge < -0.3 is 4.74 Å². The Hall–Kier alpha value is -1.48. The van der Waals surface area contributed by atoms with Crippen LogP contribution in [-0.2, 0) is 14.9 Å². The van der Waals surface area contributed by atoms with Crippen molar-refractivity contribution < 1.29 is 9.53 Å². The Bertz CT molecular complexity index is 720. The van der Waals surface area contributed by atoms with Gasteiger partial charge in [0.05, 0.1) is 12.0 Å². The highest BCUT2D eigenvalue weighted by Crippen LogP contribution is 2.35. The Kier molecular flexibility index (Phi) is 10.9. The molecule has 0 spiro atoms. The molecule has 0 radical (unpaired) electrons. The van der Waals surface area contributed by atoms with E-state index in [0.717, 1.165) is 24.8 Å². The molecule has 0 aromatic heterocycles. The molecule has 0 saturated carbocycles. The number of hydrogen-bond donors (Lipinski definition) is 0. The molecule has 1 aliphatic rings. The van der Waals surface area contributed by atoms with E-state index in [0.29, 0.717) is 12.0 Å². The van der Waals surface area contributed by atoms with Gasteiger partial charge in [0.1, 0.15) is 0 Å². The van der Waals surface area contributed by atoms with Gasteiger partial charge in [-0.1, -0.05) is 75.2 Å². The fraction of sp³-hybridized carbons (Fsp3) is 0.607. The largest absolute Gasteiger partial charge is 0.465 e. The lowest BCUT2D eigenvalue weighted by Gasteiger charge is -2.28. The number of rotatable bonds is 14. The second-order valence-electron chi connectivity index (χ2n) is 9.47. The van der Waals surface area contributed by atoms with Crippen LogP contribution in [0.1, 0.15) is 84.6 Å². The normalized spacial score (nSPS) is 15.9. The van der Waals surface area contributed by atoms with Crippen LogP contribution < -0.4 is 0 Å². The molecule has 3 heteroatoms. The summed E-state index contributed by atoms with van der Waals surface area (Å²) in [5.41, 5.74) is 2.34. The van der Waals surface area contributed by atoms with Crippen LogP contribution in [0.15, 0.2) is 54.1 Å². The Labute approximate surface area is 194 Å². The third-order valence-electron chi connectivity index (χ3n) is 6.47. The van der Waals surface area contributed by atoms with Crippen molar-refractivity contribution in [2.75, 3.05) is 18.1 Å². The summed E-state index contributed by atoms with van der Waals surface area (Å²) >= 11 is 2.06. The van der Waals surface area contributed by atoms with Gasteiger partial charge in [-0.15, -0.1) is 0 Å². The molecular formula is C28H42O2S. The van der Waals surface area contributed by atoms with Gasteiger partial charge in [-0.2, -0.15) is 11.8 Å². The van der Waals surface area contributed by atoms with Crippen molar-refractivity contribution in [3.8, 4) is 0 Å². The molecule has 2 rings (SSSR count). The molecule has 0 heterocycles. The molecule has 172 valence electrons. The average molecular weight is 443 g/mol. The van der Waals surface area contributed by atoms with Crippen LogP contribution >= 0.6 is 11.8 Å². The van der Waals surface area contributed by atoms with Crippen molar-refractivity contribution in [1.29, 1.82) is 0 Å². The second kappa shape index (κ2) is 13.2. The minimum absolute atomic E-state index is 0.0978. The highest BCUT2D eigenvalue weighted by molar-refractivity contribution is 7.99. The van der Waals surface area contributed by atoms with Gasteiger partial charge in [0.15, 0.2) is 0 Å². The van der Waals surface area contributed by atoms with Crippen LogP contribution in [0.3, 0.4) is 0 Å². The molecule has 1 aromatic carbocycles. The van der Waals surface area contributed by atoms with Crippen molar-refractivity contribution >= 4 is 17.7 Å². The molecule has 0 amide bonds. The molecule has 0 fully saturated rings. The molecule has 0 aliphatic heterocycles. The highest BCUT2D eigenvalue weighted by atomic mass is 32.2. The van der Waals surface area contributed by atoms with Crippen molar-refractivity contribution in [2.24, 2.45) is 5.41 Å². The fourth-order valence-corrected chi connectivity index (χ4v) is 5.30. The number of ether oxygens (including phenoxy) is 1. The van der Waals surface area contributed by atoms with E-state index >= 15 is 0 Å². The number of hydrogen-bond acceptors (Lipinski definition) is 3. The fourth-order valence-electron chi connectivity index (χ4n) is 4.28. The number of allylic oxidation sites excluding steroid dienone is 4. The Morgan fingerprint density at radius 3 is 2.26 bits per heavy atom. The van der Waals surface area contributed by atoms with Crippen LogP contribution in [0.2, 0.25) is 0 Å². The van der Waals surface area contributed by atoms with Crippen LogP contribution in [0.4, 0.5) is 0 Å². The lowest BCUT2D eigenvalue weighted by atomic mass is 9.78. The summed E-state index contributed by atoms with van der Waals surface area (Å²) in [6.07, 6.45) is 16.3. The van der Waals surface area contributed by atoms with Crippen molar-refractivity contribution in [3.63, 3.8) is 0 Å². The number of esters is 1. The Balaban J connectivity index is 1.65. The lowest BCUT2D eigenvalue weighted by molar-refractivity contribution is -0.149. The molecular weight excluding hydrogens is 400 g/mol. The molecule has 0 N–H and O–H groups in total. The van der Waals surface area contributed by atoms with E-state index in [2.05, 4.69) is 43.8 Å². The maximum absolute atomic E-state index is 12.7. The van der Waals surface area contributed by atoms with E-state index in [1.54, 1.807) is 0 Å². The predicted molar refractivity (Wildman–Crippen MR) is 136 cm³/mol. The minimum Gasteiger partial charge on any atom is -0.465 e. The van der Waals surface area contributed by atoms with E-state index in [1.165, 1.54) is 49.2 Å². The van der Waals surface area contributed by atoms with Crippen molar-refractivity contribution in [3.05, 3.63) is 59.7 Å². The summed E-state index contributed by atoms with van der Waals surface area (Å²) in [5, 5.41) is 0. The van der Waals surface area contributed by atoms with E-state index in [9.17, 15) is 4.79 Å². The molecule has 0 saturated heterocycles. The standard InChI is InChI=1S/C28H42O2S/c1-5-30-26(29)28(4,25-18-10-7-11-19-25)21-13-15-23-31-22-14-12-20-27(2,3)24-16-8-6-9-17-24/h7-8,10-11,16-19H,5-6,9,12-15,20-23H2,1-4H3. The second-order valence-corrected chi connectivity index (χ2v) is 10.7. The van der Waals surface area contributed by atoms with Gasteiger partial charge in [-0.3, -0.25) is 4.79 Å². The first-order valence-corrected chi connectivity index (χ1v) is 13.2. The third kappa shape index (κ3) is 8.18. The van der Waals surface area contributed by atoms with Gasteiger partial charge >= 0.3 is 5.97 Å². The van der Waals surface area contributed by atoms with Gasteiger partial charge in [0.25, 0.3) is 0 Å². The van der Waals surface area contributed by atoms with Crippen molar-refractivity contribution in [1.82, 2.24) is 0 Å². The molecule has 0 bridgehead atoms. The van der Waals surface area contributed by atoms with Gasteiger partial charge in [-0.25, -0.2) is 0 Å². The molecule has 2 nitrogen and oxygen atoms in total. The summed E-state index contributed by atoms with van der Waals surface area (Å²) in [6, 6.07) is 10.1. The zero-order valence-electron chi connectivity index (χ0n) is 20.1. The first-order valence-electron chi connectivity index (χ1n) is 12.1. The predicted octanol–water partition coefficient (Wildman–Crippen LogP) is 7.88. The van der Waals surface area contributed by atoms with E-state index in [4.69, 9.17) is 4.74 Å². The Morgan fingerprint density at radius 2 is 1.65 bits per heavy atom. The summed E-state index contributed by atoms with van der Waals surface area (Å²) < 4.78 is 5.40. The van der Waals surface area contributed by atoms with Gasteiger partial charge in [-0.05, 0) is 80.4 Å². The number of thioether (sulfide) groups is 1. The van der Waals surface area contributed by atoms with Gasteiger partial charge in [0, 0.05) is 0 Å². The van der Waals surface area contributed by atoms with Gasteiger partial charge in [0.2, 0.25) is 0 Å². The SMILES string of the molecule is CCOC(=O)C(C)(CCCCSCCCCC(C)(C)C1=CCCC=C1)c1ccccc1. The third-order valence-corrected chi connectivity index (χ3v) is 7.62. The van der Waals surface area contributed by atoms with E-state index < -0.39 is 5.41 Å². The smallest absolute Gasteiger partial charge is 0.316 e. The Morgan fingerprint density at radius 1 is 0.968 bits per heavy atom. The molecule has 1 aromatic rings.